The fourth-order valence-electron chi connectivity index (χ4n) is 12.7. The first-order valence-corrected chi connectivity index (χ1v) is 28.0. The number of allylic oxidation sites excluding steroid dienone is 4. The molecule has 3 aromatic rings. The van der Waals surface area contributed by atoms with Crippen molar-refractivity contribution in [1.82, 2.24) is 19.9 Å². The first-order valence-electron chi connectivity index (χ1n) is 28.0. The van der Waals surface area contributed by atoms with Gasteiger partial charge in [0.25, 0.3) is 17.2 Å². The van der Waals surface area contributed by atoms with Crippen molar-refractivity contribution in [2.45, 2.75) is 144 Å². The minimum absolute atomic E-state index is 0.0115. The molecule has 7 heterocycles. The summed E-state index contributed by atoms with van der Waals surface area (Å²) in [7, 11) is 1.43. The molecule has 3 fully saturated rings. The average molecular weight is 1110 g/mol. The van der Waals surface area contributed by atoms with E-state index >= 15 is 14.0 Å². The summed E-state index contributed by atoms with van der Waals surface area (Å²) in [6, 6.07) is 1.96. The lowest BCUT2D eigenvalue weighted by Crippen LogP contribution is -2.47. The van der Waals surface area contributed by atoms with E-state index in [-0.39, 0.29) is 70.0 Å². The number of carbonyl (C=O) groups excluding carboxylic acids is 5. The van der Waals surface area contributed by atoms with E-state index in [1.54, 1.807) is 51.7 Å². The van der Waals surface area contributed by atoms with Crippen molar-refractivity contribution in [2.75, 3.05) is 44.7 Å². The third-order valence-corrected chi connectivity index (χ3v) is 17.7. The third-order valence-electron chi connectivity index (χ3n) is 17.7. The van der Waals surface area contributed by atoms with Crippen molar-refractivity contribution in [1.29, 1.82) is 0 Å². The van der Waals surface area contributed by atoms with Gasteiger partial charge in [-0.25, -0.2) is 4.39 Å². The van der Waals surface area contributed by atoms with Gasteiger partial charge in [0.1, 0.15) is 29.0 Å². The van der Waals surface area contributed by atoms with Crippen molar-refractivity contribution in [3.63, 3.8) is 0 Å². The number of phenols is 1. The number of hydrogen-bond donors (Lipinski definition) is 5. The van der Waals surface area contributed by atoms with Crippen LogP contribution in [0.2, 0.25) is 0 Å². The number of piperidine rings is 1. The number of aliphatic hydroxyl groups is 2. The maximum atomic E-state index is 16.0. The lowest BCUT2D eigenvalue weighted by molar-refractivity contribution is -0.160. The number of likely N-dealkylation sites (tertiary alicyclic amines) is 1. The number of anilines is 1. The van der Waals surface area contributed by atoms with Crippen LogP contribution < -0.4 is 25.8 Å². The zero-order chi connectivity index (χ0) is 58.0. The summed E-state index contributed by atoms with van der Waals surface area (Å²) >= 11 is 0. The van der Waals surface area contributed by atoms with E-state index < -0.39 is 100 Å². The number of nitrogens with zero attached hydrogens (tertiary/aromatic N) is 3. The van der Waals surface area contributed by atoms with Crippen LogP contribution in [0, 0.1) is 56.2 Å². The van der Waals surface area contributed by atoms with Crippen LogP contribution in [-0.4, -0.2) is 130 Å². The number of pyridine rings is 2. The molecular weight excluding hydrogens is 1030 g/mol. The summed E-state index contributed by atoms with van der Waals surface area (Å²) in [5.74, 6) is -9.23. The third kappa shape index (κ3) is 10.6. The van der Waals surface area contributed by atoms with Gasteiger partial charge in [-0.2, -0.15) is 0 Å². The first-order chi connectivity index (χ1) is 37.9. The van der Waals surface area contributed by atoms with E-state index in [0.717, 1.165) is 35.9 Å². The molecule has 1 saturated carbocycles. The molecule has 0 unspecified atom stereocenters. The SMILES string of the molecule is CO[C@H]1/C=C/O[C@@]2(C)Oc3c(C)c(O)c4c(c3C2=O)C(=O)C(N2CCC(NC[C@@H]3CCN(c5c(F)cn6c(=O)c(C)cc(C7CC7)c6c5C)C3)CC2)=C(NC(=O)/C(C)=C\C=C\[C@H](C)[C@H](O)[C@@H](C)[C@@H](O)[C@@H](C)[C@H](OC(C)=O)[C@@H]1C)C4=O. The zero-order valence-electron chi connectivity index (χ0n) is 47.6. The molecule has 2 aliphatic carbocycles. The Hall–Kier alpha value is -6.67. The van der Waals surface area contributed by atoms with Gasteiger partial charge in [-0.05, 0) is 101 Å². The number of aromatic hydroxyl groups is 1. The number of aromatic nitrogens is 1. The lowest BCUT2D eigenvalue weighted by Gasteiger charge is -2.38. The maximum Gasteiger partial charge on any atom is 0.312 e. The Morgan fingerprint density at radius 2 is 1.56 bits per heavy atom. The second-order valence-electron chi connectivity index (χ2n) is 23.3. The number of carbonyl (C=O) groups is 5. The van der Waals surface area contributed by atoms with Gasteiger partial charge in [-0.3, -0.25) is 33.2 Å². The number of hydrogen-bond acceptors (Lipinski definition) is 16. The number of ether oxygens (including phenoxy) is 4. The molecule has 5 aliphatic heterocycles. The minimum atomic E-state index is -2.12. The number of nitrogens with one attached hydrogen (secondary N) is 2. The fraction of sp³-hybridized carbons (Fsp3) is 0.541. The number of esters is 1. The molecule has 19 heteroatoms. The number of phenolic OH excluding ortho intramolecular Hbond substituents is 1. The molecule has 430 valence electrons. The molecule has 1 amide bonds. The number of ketones is 3. The number of aryl methyl sites for hydroxylation is 2. The molecule has 80 heavy (non-hydrogen) atoms. The average Bonchev–Trinajstić information content (AvgIpc) is 4.19. The van der Waals surface area contributed by atoms with Gasteiger partial charge in [0, 0.05) is 93.5 Å². The molecule has 0 radical (unpaired) electrons. The number of rotatable bonds is 8. The number of fused-ring (bicyclic) bond motifs is 15. The summed E-state index contributed by atoms with van der Waals surface area (Å²) in [4.78, 5) is 88.8. The smallest absolute Gasteiger partial charge is 0.312 e. The fourth-order valence-corrected chi connectivity index (χ4v) is 12.7. The van der Waals surface area contributed by atoms with Gasteiger partial charge in [0.15, 0.2) is 5.82 Å². The van der Waals surface area contributed by atoms with Crippen LogP contribution in [-0.2, 0) is 23.8 Å². The van der Waals surface area contributed by atoms with Crippen LogP contribution in [0.25, 0.3) is 5.52 Å². The van der Waals surface area contributed by atoms with E-state index in [9.17, 15) is 34.5 Å². The Morgan fingerprint density at radius 1 is 0.875 bits per heavy atom. The highest BCUT2D eigenvalue weighted by Crippen LogP contribution is 2.50. The Labute approximate surface area is 465 Å². The largest absolute Gasteiger partial charge is 0.507 e. The molecule has 18 nitrogen and oxygen atoms in total. The van der Waals surface area contributed by atoms with Gasteiger partial charge in [0.2, 0.25) is 11.6 Å². The van der Waals surface area contributed by atoms with Crippen LogP contribution in [0.1, 0.15) is 140 Å². The van der Waals surface area contributed by atoms with Crippen LogP contribution in [0.4, 0.5) is 10.1 Å². The van der Waals surface area contributed by atoms with Gasteiger partial charge in [-0.15, -0.1) is 0 Å². The molecule has 5 N–H and O–H groups in total. The van der Waals surface area contributed by atoms with Gasteiger partial charge < -0.3 is 54.7 Å². The Balaban J connectivity index is 0.993. The molecular formula is C61H76FN5O13. The molecule has 0 spiro atoms. The van der Waals surface area contributed by atoms with Crippen molar-refractivity contribution in [3.05, 3.63) is 115 Å². The number of benzene rings is 1. The Bertz CT molecular complexity index is 3220. The summed E-state index contributed by atoms with van der Waals surface area (Å²) in [5, 5.41) is 41.4. The number of methoxy groups -OCH3 is 1. The van der Waals surface area contributed by atoms with E-state index in [0.29, 0.717) is 49.6 Å². The van der Waals surface area contributed by atoms with Crippen molar-refractivity contribution in [2.24, 2.45) is 29.6 Å². The highest BCUT2D eigenvalue weighted by molar-refractivity contribution is 6.32. The van der Waals surface area contributed by atoms with Gasteiger partial charge >= 0.3 is 11.8 Å². The minimum Gasteiger partial charge on any atom is -0.507 e. The van der Waals surface area contributed by atoms with Crippen molar-refractivity contribution < 1.29 is 62.6 Å². The highest BCUT2D eigenvalue weighted by atomic mass is 19.1. The number of aliphatic hydroxyl groups excluding tert-OH is 2. The van der Waals surface area contributed by atoms with Gasteiger partial charge in [-0.1, -0.05) is 45.9 Å². The Kier molecular flexibility index (Phi) is 16.5. The molecule has 10 atom stereocenters. The van der Waals surface area contributed by atoms with E-state index in [2.05, 4.69) is 15.5 Å². The van der Waals surface area contributed by atoms with Crippen LogP contribution in [0.3, 0.4) is 0 Å². The molecule has 2 saturated heterocycles. The van der Waals surface area contributed by atoms with Crippen molar-refractivity contribution >= 4 is 40.4 Å². The number of halogens is 1. The van der Waals surface area contributed by atoms with Crippen molar-refractivity contribution in [3.8, 4) is 11.5 Å². The second kappa shape index (κ2) is 22.7. The number of Topliss-reactive ketones (excluding diaryl/α,β-unsaturated/α-hetero) is 3. The Morgan fingerprint density at radius 3 is 2.23 bits per heavy atom. The predicted octanol–water partition coefficient (Wildman–Crippen LogP) is 6.78. The van der Waals surface area contributed by atoms with Gasteiger partial charge in [0.05, 0.1) is 58.7 Å². The molecule has 1 aromatic carbocycles. The quantitative estimate of drug-likeness (QED) is 0.146. The van der Waals surface area contributed by atoms with E-state index in [1.165, 1.54) is 63.8 Å². The molecule has 2 aromatic heterocycles. The second-order valence-corrected chi connectivity index (χ2v) is 23.3. The van der Waals surface area contributed by atoms with Crippen LogP contribution in [0.5, 0.6) is 11.5 Å². The summed E-state index contributed by atoms with van der Waals surface area (Å²) in [6.45, 7) is 18.5. The molecule has 10 rings (SSSR count). The highest BCUT2D eigenvalue weighted by Gasteiger charge is 2.53. The lowest BCUT2D eigenvalue weighted by atomic mass is 9.78. The number of amides is 1. The van der Waals surface area contributed by atoms with E-state index in [4.69, 9.17) is 18.9 Å². The van der Waals surface area contributed by atoms with E-state index in [1.807, 2.05) is 13.0 Å². The summed E-state index contributed by atoms with van der Waals surface area (Å²) in [6.07, 6.45) is 8.65. The predicted molar refractivity (Wildman–Crippen MR) is 296 cm³/mol. The monoisotopic (exact) mass is 1110 g/mol. The molecule has 7 aliphatic rings. The summed E-state index contributed by atoms with van der Waals surface area (Å²) in [5.41, 5.74) is 2.03. The standard InChI is InChI=1S/C61H76FN5O13/c1-29-13-12-14-30(2)59(75)64-47-50(65-22-18-40(19-23-65)63-26-38-17-21-66(27-38)49-33(5)48-41(39-15-16-39)25-31(3)60(76)67(48)28-42(49)62)55(73)44-45(54(47)72)53(71)36(8)57-46(44)58(74)61(10,80-57)78-24-20-43(77-11)32(4)56(79-37(9)68)35(7)52(70)34(6)51(29)69/h12-14,20,24-25,28-29,32,34-35,38-40,43,51-52,56,63,69-71H,15-19,21-23,26-27H2,1-11H3,(H,64,75)/b13-12+,24-20+,30-14-/t29-,32+,34+,35+,38-,43-,51-,52+,56+,61-/m0/s1. The molecule has 5 bridgehead atoms. The first kappa shape index (κ1) is 58.0. The summed E-state index contributed by atoms with van der Waals surface area (Å²) < 4.78 is 41.4. The zero-order valence-corrected chi connectivity index (χ0v) is 47.6. The van der Waals surface area contributed by atoms with Crippen LogP contribution in [0.15, 0.2) is 64.6 Å². The topological polar surface area (TPSA) is 235 Å². The van der Waals surface area contributed by atoms with Crippen LogP contribution >= 0.6 is 0 Å². The maximum absolute atomic E-state index is 16.0. The normalized spacial score (nSPS) is 30.5.